The third kappa shape index (κ3) is 2.75. The average Bonchev–Trinajstić information content (AvgIpc) is 2.35. The van der Waals surface area contributed by atoms with Crippen LogP contribution in [0.3, 0.4) is 0 Å². The van der Waals surface area contributed by atoms with Crippen molar-refractivity contribution in [2.75, 3.05) is 21.3 Å². The molecule has 0 heterocycles. The first-order valence-corrected chi connectivity index (χ1v) is 5.85. The Morgan fingerprint density at radius 3 is 2.33 bits per heavy atom. The van der Waals surface area contributed by atoms with Gasteiger partial charge in [-0.2, -0.15) is 0 Å². The van der Waals surface area contributed by atoms with Gasteiger partial charge >= 0.3 is 6.09 Å². The molecule has 18 heavy (non-hydrogen) atoms. The zero-order valence-electron chi connectivity index (χ0n) is 12.0. The van der Waals surface area contributed by atoms with Gasteiger partial charge in [0.1, 0.15) is 5.75 Å². The molecule has 0 saturated heterocycles. The van der Waals surface area contributed by atoms with E-state index >= 15 is 0 Å². The van der Waals surface area contributed by atoms with Gasteiger partial charge in [-0.3, -0.25) is 0 Å². The maximum atomic E-state index is 11.4. The molecule has 0 atom stereocenters. The molecule has 0 aromatic heterocycles. The first-order valence-electron chi connectivity index (χ1n) is 5.85. The summed E-state index contributed by atoms with van der Waals surface area (Å²) < 4.78 is 10.1. The number of benzene rings is 1. The smallest absolute Gasteiger partial charge is 0.409 e. The number of carbonyl (C=O) groups is 1. The van der Waals surface area contributed by atoms with E-state index < -0.39 is 0 Å². The van der Waals surface area contributed by atoms with Crippen LogP contribution in [0.5, 0.6) is 5.75 Å². The highest BCUT2D eigenvalue weighted by atomic mass is 16.5. The second-order valence-electron chi connectivity index (χ2n) is 4.46. The highest BCUT2D eigenvalue weighted by Crippen LogP contribution is 2.29. The SMILES string of the molecule is COC(=O)N(C)Cc1cc(C)c(OC)c(C)c1C. The van der Waals surface area contributed by atoms with Crippen LogP contribution in [-0.4, -0.2) is 32.3 Å². The molecule has 4 nitrogen and oxygen atoms in total. The van der Waals surface area contributed by atoms with E-state index in [0.717, 1.165) is 28.0 Å². The van der Waals surface area contributed by atoms with Gasteiger partial charge < -0.3 is 14.4 Å². The maximum absolute atomic E-state index is 11.4. The summed E-state index contributed by atoms with van der Waals surface area (Å²) in [4.78, 5) is 12.9. The molecule has 0 radical (unpaired) electrons. The number of rotatable bonds is 3. The second-order valence-corrected chi connectivity index (χ2v) is 4.46. The Balaban J connectivity index is 3.08. The zero-order valence-corrected chi connectivity index (χ0v) is 12.0. The van der Waals surface area contributed by atoms with Crippen LogP contribution in [0.4, 0.5) is 4.79 Å². The Kier molecular flexibility index (Phi) is 4.59. The van der Waals surface area contributed by atoms with Crippen molar-refractivity contribution in [3.8, 4) is 5.75 Å². The molecule has 0 spiro atoms. The standard InChI is InChI=1S/C14H21NO3/c1-9-7-12(8-15(4)14(16)18-6)10(2)11(3)13(9)17-5/h7H,8H2,1-6H3. The lowest BCUT2D eigenvalue weighted by atomic mass is 9.98. The van der Waals surface area contributed by atoms with Gasteiger partial charge in [-0.15, -0.1) is 0 Å². The van der Waals surface area contributed by atoms with E-state index in [4.69, 9.17) is 9.47 Å². The van der Waals surface area contributed by atoms with E-state index in [1.165, 1.54) is 7.11 Å². The van der Waals surface area contributed by atoms with Crippen LogP contribution in [0.1, 0.15) is 22.3 Å². The van der Waals surface area contributed by atoms with Gasteiger partial charge in [-0.25, -0.2) is 4.79 Å². The first-order chi connectivity index (χ1) is 8.42. The van der Waals surface area contributed by atoms with Crippen molar-refractivity contribution in [3.05, 3.63) is 28.3 Å². The Morgan fingerprint density at radius 1 is 1.22 bits per heavy atom. The van der Waals surface area contributed by atoms with Gasteiger partial charge in [0.2, 0.25) is 0 Å². The van der Waals surface area contributed by atoms with Crippen molar-refractivity contribution in [2.45, 2.75) is 27.3 Å². The lowest BCUT2D eigenvalue weighted by molar-refractivity contribution is 0.131. The van der Waals surface area contributed by atoms with E-state index in [1.54, 1.807) is 19.1 Å². The lowest BCUT2D eigenvalue weighted by Gasteiger charge is -2.20. The molecule has 1 rings (SSSR count). The predicted molar refractivity (Wildman–Crippen MR) is 71.1 cm³/mol. The van der Waals surface area contributed by atoms with E-state index in [-0.39, 0.29) is 6.09 Å². The quantitative estimate of drug-likeness (QED) is 0.829. The maximum Gasteiger partial charge on any atom is 0.409 e. The molecule has 0 aliphatic heterocycles. The van der Waals surface area contributed by atoms with Crippen LogP contribution in [0.2, 0.25) is 0 Å². The molecule has 1 aromatic carbocycles. The fourth-order valence-electron chi connectivity index (χ4n) is 2.10. The van der Waals surface area contributed by atoms with Crippen LogP contribution >= 0.6 is 0 Å². The second kappa shape index (κ2) is 5.76. The fraction of sp³-hybridized carbons (Fsp3) is 0.500. The van der Waals surface area contributed by atoms with Gasteiger partial charge in [-0.1, -0.05) is 6.07 Å². The molecule has 1 aromatic rings. The molecule has 0 aliphatic rings. The highest BCUT2D eigenvalue weighted by Gasteiger charge is 2.14. The molecule has 0 bridgehead atoms. The number of nitrogens with zero attached hydrogens (tertiary/aromatic N) is 1. The van der Waals surface area contributed by atoms with Crippen LogP contribution in [0, 0.1) is 20.8 Å². The average molecular weight is 251 g/mol. The summed E-state index contributed by atoms with van der Waals surface area (Å²) in [5.41, 5.74) is 4.45. The van der Waals surface area contributed by atoms with Gasteiger partial charge in [0.05, 0.1) is 14.2 Å². The lowest BCUT2D eigenvalue weighted by Crippen LogP contribution is -2.26. The number of methoxy groups -OCH3 is 2. The fourth-order valence-corrected chi connectivity index (χ4v) is 2.10. The van der Waals surface area contributed by atoms with E-state index in [1.807, 2.05) is 20.8 Å². The minimum Gasteiger partial charge on any atom is -0.496 e. The predicted octanol–water partition coefficient (Wildman–Crippen LogP) is 2.82. The van der Waals surface area contributed by atoms with Gasteiger partial charge in [0.25, 0.3) is 0 Å². The number of hydrogen-bond donors (Lipinski definition) is 0. The normalized spacial score (nSPS) is 10.1. The Bertz CT molecular complexity index is 455. The minimum atomic E-state index is -0.333. The molecule has 1 amide bonds. The topological polar surface area (TPSA) is 38.8 Å². The summed E-state index contributed by atoms with van der Waals surface area (Å²) in [6.45, 7) is 6.61. The van der Waals surface area contributed by atoms with Crippen LogP contribution < -0.4 is 4.74 Å². The molecular weight excluding hydrogens is 230 g/mol. The van der Waals surface area contributed by atoms with Crippen LogP contribution in [0.15, 0.2) is 6.07 Å². The van der Waals surface area contributed by atoms with E-state index in [2.05, 4.69) is 6.07 Å². The molecule has 0 N–H and O–H groups in total. The summed E-state index contributed by atoms with van der Waals surface area (Å²) in [6, 6.07) is 2.06. The Hall–Kier alpha value is -1.71. The Morgan fingerprint density at radius 2 is 1.83 bits per heavy atom. The molecule has 0 saturated carbocycles. The first kappa shape index (κ1) is 14.4. The zero-order chi connectivity index (χ0) is 13.9. The summed E-state index contributed by atoms with van der Waals surface area (Å²) >= 11 is 0. The number of hydrogen-bond acceptors (Lipinski definition) is 3. The van der Waals surface area contributed by atoms with Crippen molar-refractivity contribution in [2.24, 2.45) is 0 Å². The van der Waals surface area contributed by atoms with E-state index in [9.17, 15) is 4.79 Å². The van der Waals surface area contributed by atoms with Crippen molar-refractivity contribution in [1.29, 1.82) is 0 Å². The molecular formula is C14H21NO3. The third-order valence-corrected chi connectivity index (χ3v) is 3.23. The highest BCUT2D eigenvalue weighted by molar-refractivity contribution is 5.67. The summed E-state index contributed by atoms with van der Waals surface area (Å²) in [5.74, 6) is 0.914. The number of aryl methyl sites for hydroxylation is 1. The van der Waals surface area contributed by atoms with Crippen molar-refractivity contribution >= 4 is 6.09 Å². The molecule has 0 aliphatic carbocycles. The van der Waals surface area contributed by atoms with Crippen LogP contribution in [-0.2, 0) is 11.3 Å². The van der Waals surface area contributed by atoms with Crippen molar-refractivity contribution in [3.63, 3.8) is 0 Å². The minimum absolute atomic E-state index is 0.333. The summed E-state index contributed by atoms with van der Waals surface area (Å²) in [6.07, 6.45) is -0.333. The third-order valence-electron chi connectivity index (χ3n) is 3.23. The summed E-state index contributed by atoms with van der Waals surface area (Å²) in [5, 5.41) is 0. The van der Waals surface area contributed by atoms with Gasteiger partial charge in [0, 0.05) is 13.6 Å². The largest absolute Gasteiger partial charge is 0.496 e. The molecule has 100 valence electrons. The summed E-state index contributed by atoms with van der Waals surface area (Å²) in [7, 11) is 4.78. The number of amides is 1. The monoisotopic (exact) mass is 251 g/mol. The molecule has 4 heteroatoms. The van der Waals surface area contributed by atoms with Gasteiger partial charge in [-0.05, 0) is 43.0 Å². The number of ether oxygens (including phenoxy) is 2. The van der Waals surface area contributed by atoms with Crippen molar-refractivity contribution in [1.82, 2.24) is 4.90 Å². The van der Waals surface area contributed by atoms with Crippen LogP contribution in [0.25, 0.3) is 0 Å². The van der Waals surface area contributed by atoms with Gasteiger partial charge in [0.15, 0.2) is 0 Å². The van der Waals surface area contributed by atoms with Crippen molar-refractivity contribution < 1.29 is 14.3 Å². The molecule has 0 fully saturated rings. The Labute approximate surface area is 108 Å². The molecule has 0 unspecified atom stereocenters. The van der Waals surface area contributed by atoms with E-state index in [0.29, 0.717) is 6.54 Å². The number of carbonyl (C=O) groups excluding carboxylic acids is 1.